The molecule has 4 heteroatoms. The monoisotopic (exact) mass is 392 g/mol. The minimum atomic E-state index is 0.294. The maximum Gasteiger partial charge on any atom is 0.0630 e. The lowest BCUT2D eigenvalue weighted by molar-refractivity contribution is 0.343. The smallest absolute Gasteiger partial charge is 0.0630 e. The van der Waals surface area contributed by atoms with E-state index < -0.39 is 0 Å². The van der Waals surface area contributed by atoms with Gasteiger partial charge in [-0.05, 0) is 37.2 Å². The Morgan fingerprint density at radius 1 is 1.21 bits per heavy atom. The molecule has 0 amide bonds. The van der Waals surface area contributed by atoms with Gasteiger partial charge in [-0.25, -0.2) is 0 Å². The van der Waals surface area contributed by atoms with E-state index in [1.54, 1.807) is 0 Å². The summed E-state index contributed by atoms with van der Waals surface area (Å²) in [5.74, 6) is 0. The summed E-state index contributed by atoms with van der Waals surface area (Å²) < 4.78 is 2.15. The van der Waals surface area contributed by atoms with Crippen LogP contribution in [0.15, 0.2) is 12.3 Å². The number of nitrogens with zero attached hydrogens (tertiary/aromatic N) is 2. The molecule has 1 aromatic heterocycles. The molecule has 0 aliphatic heterocycles. The highest BCUT2D eigenvalue weighted by atomic mass is 79.9. The second-order valence-electron chi connectivity index (χ2n) is 5.45. The SMILES string of the molecule is CCCC(CBr)(CBr)Cc1ccn(C(CC)CC)n1. The van der Waals surface area contributed by atoms with Crippen LogP contribution in [0, 0.1) is 5.41 Å². The number of aromatic nitrogens is 2. The molecule has 1 rings (SSSR count). The van der Waals surface area contributed by atoms with Crippen molar-refractivity contribution < 1.29 is 0 Å². The largest absolute Gasteiger partial charge is 0.269 e. The zero-order chi connectivity index (χ0) is 14.3. The van der Waals surface area contributed by atoms with Crippen LogP contribution in [-0.4, -0.2) is 20.4 Å². The van der Waals surface area contributed by atoms with E-state index in [0.717, 1.165) is 29.9 Å². The van der Waals surface area contributed by atoms with Crippen LogP contribution in [0.25, 0.3) is 0 Å². The van der Waals surface area contributed by atoms with Gasteiger partial charge in [-0.1, -0.05) is 59.1 Å². The summed E-state index contributed by atoms with van der Waals surface area (Å²) in [6, 6.07) is 2.73. The topological polar surface area (TPSA) is 17.8 Å². The Morgan fingerprint density at radius 3 is 2.32 bits per heavy atom. The Bertz CT molecular complexity index is 355. The Labute approximate surface area is 134 Å². The Hall–Kier alpha value is 0.170. The van der Waals surface area contributed by atoms with Crippen molar-refractivity contribution in [2.45, 2.75) is 58.9 Å². The van der Waals surface area contributed by atoms with Crippen molar-refractivity contribution in [1.82, 2.24) is 9.78 Å². The molecular formula is C15H26Br2N2. The maximum atomic E-state index is 4.79. The minimum Gasteiger partial charge on any atom is -0.269 e. The summed E-state index contributed by atoms with van der Waals surface area (Å²) in [5, 5.41) is 6.84. The van der Waals surface area contributed by atoms with E-state index >= 15 is 0 Å². The third-order valence-electron chi connectivity index (χ3n) is 3.88. The first kappa shape index (κ1) is 17.2. The molecule has 0 radical (unpaired) electrons. The van der Waals surface area contributed by atoms with Gasteiger partial charge in [0.25, 0.3) is 0 Å². The molecule has 0 fully saturated rings. The Balaban J connectivity index is 2.80. The second kappa shape index (κ2) is 8.46. The molecule has 0 N–H and O–H groups in total. The molecule has 2 nitrogen and oxygen atoms in total. The van der Waals surface area contributed by atoms with Crippen LogP contribution in [0.3, 0.4) is 0 Å². The van der Waals surface area contributed by atoms with Gasteiger partial charge in [-0.2, -0.15) is 5.10 Å². The lowest BCUT2D eigenvalue weighted by atomic mass is 9.83. The minimum absolute atomic E-state index is 0.294. The van der Waals surface area contributed by atoms with Gasteiger partial charge < -0.3 is 0 Å². The Morgan fingerprint density at radius 2 is 1.84 bits per heavy atom. The van der Waals surface area contributed by atoms with Crippen LogP contribution in [0.5, 0.6) is 0 Å². The summed E-state index contributed by atoms with van der Waals surface area (Å²) in [7, 11) is 0. The molecule has 0 aromatic carbocycles. The fourth-order valence-electron chi connectivity index (χ4n) is 2.60. The van der Waals surface area contributed by atoms with Gasteiger partial charge in [0.2, 0.25) is 0 Å². The molecule has 0 spiro atoms. The molecule has 0 bridgehead atoms. The average Bonchev–Trinajstić information content (AvgIpc) is 2.88. The highest BCUT2D eigenvalue weighted by Crippen LogP contribution is 2.33. The third-order valence-corrected chi connectivity index (χ3v) is 6.26. The van der Waals surface area contributed by atoms with E-state index in [9.17, 15) is 0 Å². The predicted octanol–water partition coefficient (Wildman–Crippen LogP) is 5.36. The van der Waals surface area contributed by atoms with Crippen LogP contribution in [0.4, 0.5) is 0 Å². The molecule has 1 heterocycles. The van der Waals surface area contributed by atoms with E-state index in [4.69, 9.17) is 5.10 Å². The molecule has 0 saturated carbocycles. The molecule has 110 valence electrons. The van der Waals surface area contributed by atoms with Crippen molar-refractivity contribution in [3.63, 3.8) is 0 Å². The molecule has 0 aliphatic rings. The molecular weight excluding hydrogens is 368 g/mol. The number of rotatable bonds is 9. The van der Waals surface area contributed by atoms with Crippen molar-refractivity contribution in [3.05, 3.63) is 18.0 Å². The van der Waals surface area contributed by atoms with E-state index in [-0.39, 0.29) is 0 Å². The number of alkyl halides is 2. The van der Waals surface area contributed by atoms with Crippen molar-refractivity contribution in [1.29, 1.82) is 0 Å². The standard InChI is InChI=1S/C15H26Br2N2/c1-4-8-15(11-16,12-17)10-13-7-9-19(18-13)14(5-2)6-3/h7,9,14H,4-6,8,10-12H2,1-3H3. The quantitative estimate of drug-likeness (QED) is 0.516. The fraction of sp³-hybridized carbons (Fsp3) is 0.800. The lowest BCUT2D eigenvalue weighted by Crippen LogP contribution is -2.28. The lowest BCUT2D eigenvalue weighted by Gasteiger charge is -2.28. The van der Waals surface area contributed by atoms with Gasteiger partial charge in [-0.3, -0.25) is 4.68 Å². The van der Waals surface area contributed by atoms with Gasteiger partial charge in [0.1, 0.15) is 0 Å². The highest BCUT2D eigenvalue weighted by Gasteiger charge is 2.28. The first-order chi connectivity index (χ1) is 9.14. The molecule has 19 heavy (non-hydrogen) atoms. The predicted molar refractivity (Wildman–Crippen MR) is 90.5 cm³/mol. The van der Waals surface area contributed by atoms with Gasteiger partial charge in [0.15, 0.2) is 0 Å². The summed E-state index contributed by atoms with van der Waals surface area (Å²) in [5.41, 5.74) is 1.52. The number of hydrogen-bond donors (Lipinski definition) is 0. The zero-order valence-electron chi connectivity index (χ0n) is 12.3. The summed E-state index contributed by atoms with van der Waals surface area (Å²) in [6.45, 7) is 6.71. The molecule has 0 aliphatic carbocycles. The van der Waals surface area contributed by atoms with Crippen molar-refractivity contribution in [2.75, 3.05) is 10.7 Å². The van der Waals surface area contributed by atoms with E-state index in [1.807, 2.05) is 0 Å². The molecule has 0 saturated heterocycles. The first-order valence-corrected chi connectivity index (χ1v) is 9.55. The van der Waals surface area contributed by atoms with Crippen LogP contribution in [0.2, 0.25) is 0 Å². The second-order valence-corrected chi connectivity index (χ2v) is 6.57. The van der Waals surface area contributed by atoms with Gasteiger partial charge in [0.05, 0.1) is 11.7 Å². The molecule has 0 unspecified atom stereocenters. The van der Waals surface area contributed by atoms with Crippen molar-refractivity contribution >= 4 is 31.9 Å². The van der Waals surface area contributed by atoms with Crippen molar-refractivity contribution in [3.8, 4) is 0 Å². The van der Waals surface area contributed by atoms with Gasteiger partial charge in [-0.15, -0.1) is 0 Å². The van der Waals surface area contributed by atoms with Crippen LogP contribution in [0.1, 0.15) is 58.2 Å². The average molecular weight is 394 g/mol. The Kier molecular flexibility index (Phi) is 7.66. The maximum absolute atomic E-state index is 4.79. The van der Waals surface area contributed by atoms with Crippen LogP contribution in [-0.2, 0) is 6.42 Å². The van der Waals surface area contributed by atoms with Crippen LogP contribution >= 0.6 is 31.9 Å². The summed E-state index contributed by atoms with van der Waals surface area (Å²) in [4.78, 5) is 0. The van der Waals surface area contributed by atoms with Gasteiger partial charge in [0, 0.05) is 16.9 Å². The summed E-state index contributed by atoms with van der Waals surface area (Å²) >= 11 is 7.38. The molecule has 0 atom stereocenters. The normalized spacial score (nSPS) is 12.3. The zero-order valence-corrected chi connectivity index (χ0v) is 15.5. The van der Waals surface area contributed by atoms with E-state index in [0.29, 0.717) is 11.5 Å². The first-order valence-electron chi connectivity index (χ1n) is 7.30. The van der Waals surface area contributed by atoms with Crippen molar-refractivity contribution in [2.24, 2.45) is 5.41 Å². The number of halogens is 2. The van der Waals surface area contributed by atoms with E-state index in [2.05, 4.69) is 69.6 Å². The fourth-order valence-corrected chi connectivity index (χ4v) is 4.49. The van der Waals surface area contributed by atoms with Gasteiger partial charge >= 0.3 is 0 Å². The van der Waals surface area contributed by atoms with Crippen LogP contribution < -0.4 is 0 Å². The highest BCUT2D eigenvalue weighted by molar-refractivity contribution is 9.09. The van der Waals surface area contributed by atoms with E-state index in [1.165, 1.54) is 18.5 Å². The third kappa shape index (κ3) is 4.59. The molecule has 1 aromatic rings. The summed E-state index contributed by atoms with van der Waals surface area (Å²) in [6.07, 6.45) is 7.92. The number of hydrogen-bond acceptors (Lipinski definition) is 1.